The molecular weight excluding hydrogens is 625 g/mol. The molecule has 240 valence electrons. The molecule has 0 N–H and O–H groups in total. The van der Waals surface area contributed by atoms with Crippen LogP contribution in [0.4, 0.5) is 17.1 Å². The fourth-order valence-corrected chi connectivity index (χ4v) is 7.25. The molecule has 8 aromatic carbocycles. The zero-order chi connectivity index (χ0) is 33.7. The van der Waals surface area contributed by atoms with Crippen molar-refractivity contribution >= 4 is 60.9 Å². The van der Waals surface area contributed by atoms with Crippen LogP contribution in [0.1, 0.15) is 0 Å². The van der Waals surface area contributed by atoms with E-state index in [9.17, 15) is 0 Å². The fraction of sp³-hybridized carbons (Fsp3) is 0. The number of anilines is 3. The summed E-state index contributed by atoms with van der Waals surface area (Å²) in [4.78, 5) is 7.15. The van der Waals surface area contributed by atoms with Crippen molar-refractivity contribution in [3.63, 3.8) is 0 Å². The quantitative estimate of drug-likeness (QED) is 0.179. The van der Waals surface area contributed by atoms with Crippen LogP contribution in [0.2, 0.25) is 0 Å². The molecule has 0 fully saturated rings. The van der Waals surface area contributed by atoms with Crippen LogP contribution in [0, 0.1) is 0 Å². The van der Waals surface area contributed by atoms with Crippen molar-refractivity contribution in [3.8, 4) is 33.7 Å². The molecule has 0 aliphatic rings. The molecule has 10 aromatic rings. The van der Waals surface area contributed by atoms with Gasteiger partial charge in [-0.2, -0.15) is 0 Å². The molecule has 0 saturated carbocycles. The van der Waals surface area contributed by atoms with E-state index in [1.807, 2.05) is 48.5 Å². The second-order valence-electron chi connectivity index (χ2n) is 12.8. The van der Waals surface area contributed by atoms with Crippen molar-refractivity contribution in [1.82, 2.24) is 4.98 Å². The highest BCUT2D eigenvalue weighted by Crippen LogP contribution is 2.42. The van der Waals surface area contributed by atoms with Gasteiger partial charge in [-0.05, 0) is 88.3 Å². The number of benzene rings is 8. The maximum atomic E-state index is 6.48. The SMILES string of the molecule is c1ccc(-c2cccc(N(c3ccc(-c4cccc5ccc6nc(-c7ccccc7)oc6c45)cc3)c3ccc4c(c3)oc3ccccc34)c2)cc1. The van der Waals surface area contributed by atoms with Crippen molar-refractivity contribution in [3.05, 3.63) is 182 Å². The third-order valence-corrected chi connectivity index (χ3v) is 9.69. The monoisotopic (exact) mass is 654 g/mol. The van der Waals surface area contributed by atoms with E-state index in [1.165, 1.54) is 5.56 Å². The maximum absolute atomic E-state index is 6.48. The third-order valence-electron chi connectivity index (χ3n) is 9.69. The highest BCUT2D eigenvalue weighted by atomic mass is 16.3. The standard InChI is InChI=1S/C47H30N2O2/c1-3-11-31(12-4-1)35-16-9-17-37(29-35)49(38-26-27-41-40-18-7-8-20-43(40)50-44(41)30-38)36-24-21-32(22-25-36)39-19-10-15-33-23-28-42-46(45(33)39)51-47(48-42)34-13-5-2-6-14-34/h1-30H. The van der Waals surface area contributed by atoms with Gasteiger partial charge in [0.2, 0.25) is 5.89 Å². The second kappa shape index (κ2) is 11.9. The van der Waals surface area contributed by atoms with Gasteiger partial charge in [-0.1, -0.05) is 115 Å². The van der Waals surface area contributed by atoms with Gasteiger partial charge in [0.25, 0.3) is 0 Å². The smallest absolute Gasteiger partial charge is 0.227 e. The fourth-order valence-electron chi connectivity index (χ4n) is 7.25. The van der Waals surface area contributed by atoms with Crippen LogP contribution in [-0.4, -0.2) is 4.98 Å². The largest absolute Gasteiger partial charge is 0.456 e. The summed E-state index contributed by atoms with van der Waals surface area (Å²) in [6.45, 7) is 0. The topological polar surface area (TPSA) is 42.4 Å². The molecule has 0 atom stereocenters. The Kier molecular flexibility index (Phi) is 6.78. The predicted octanol–water partition coefficient (Wildman–Crippen LogP) is 13.4. The molecule has 0 radical (unpaired) electrons. The van der Waals surface area contributed by atoms with Gasteiger partial charge in [-0.3, -0.25) is 0 Å². The Hall–Kier alpha value is -6.91. The van der Waals surface area contributed by atoms with Crippen molar-refractivity contribution in [2.45, 2.75) is 0 Å². The maximum Gasteiger partial charge on any atom is 0.227 e. The zero-order valence-corrected chi connectivity index (χ0v) is 27.5. The minimum Gasteiger partial charge on any atom is -0.456 e. The number of furan rings is 1. The van der Waals surface area contributed by atoms with Gasteiger partial charge in [0.1, 0.15) is 16.7 Å². The Labute approximate surface area is 294 Å². The minimum atomic E-state index is 0.623. The number of hydrogen-bond donors (Lipinski definition) is 0. The lowest BCUT2D eigenvalue weighted by molar-refractivity contribution is 0.623. The second-order valence-corrected chi connectivity index (χ2v) is 12.8. The zero-order valence-electron chi connectivity index (χ0n) is 27.5. The van der Waals surface area contributed by atoms with Gasteiger partial charge in [0, 0.05) is 44.9 Å². The van der Waals surface area contributed by atoms with Gasteiger partial charge in [0.15, 0.2) is 5.58 Å². The molecule has 4 nitrogen and oxygen atoms in total. The highest BCUT2D eigenvalue weighted by molar-refractivity contribution is 6.11. The van der Waals surface area contributed by atoms with E-state index >= 15 is 0 Å². The van der Waals surface area contributed by atoms with Gasteiger partial charge in [-0.25, -0.2) is 4.98 Å². The van der Waals surface area contributed by atoms with Crippen LogP contribution in [0.3, 0.4) is 0 Å². The van der Waals surface area contributed by atoms with Crippen LogP contribution in [0.5, 0.6) is 0 Å². The van der Waals surface area contributed by atoms with Crippen LogP contribution >= 0.6 is 0 Å². The molecular formula is C47H30N2O2. The molecule has 0 amide bonds. The summed E-state index contributed by atoms with van der Waals surface area (Å²) in [6.07, 6.45) is 0. The van der Waals surface area contributed by atoms with Crippen LogP contribution in [0.25, 0.3) is 77.5 Å². The van der Waals surface area contributed by atoms with Crippen molar-refractivity contribution < 1.29 is 8.83 Å². The lowest BCUT2D eigenvalue weighted by Gasteiger charge is -2.26. The lowest BCUT2D eigenvalue weighted by Crippen LogP contribution is -2.10. The van der Waals surface area contributed by atoms with E-state index in [0.717, 1.165) is 83.1 Å². The molecule has 51 heavy (non-hydrogen) atoms. The summed E-state index contributed by atoms with van der Waals surface area (Å²) in [5.41, 5.74) is 12.0. The summed E-state index contributed by atoms with van der Waals surface area (Å²) < 4.78 is 12.8. The average Bonchev–Trinajstić information content (AvgIpc) is 3.81. The van der Waals surface area contributed by atoms with Gasteiger partial charge >= 0.3 is 0 Å². The van der Waals surface area contributed by atoms with Crippen LogP contribution < -0.4 is 4.90 Å². The van der Waals surface area contributed by atoms with Crippen molar-refractivity contribution in [1.29, 1.82) is 0 Å². The normalized spacial score (nSPS) is 11.5. The first-order chi connectivity index (χ1) is 25.3. The van der Waals surface area contributed by atoms with Crippen LogP contribution in [0.15, 0.2) is 191 Å². The van der Waals surface area contributed by atoms with Crippen molar-refractivity contribution in [2.75, 3.05) is 4.90 Å². The Balaban J connectivity index is 1.11. The molecule has 2 heterocycles. The summed E-state index contributed by atoms with van der Waals surface area (Å²) in [7, 11) is 0. The first-order valence-corrected chi connectivity index (χ1v) is 17.1. The molecule has 10 rings (SSSR count). The Bertz CT molecular complexity index is 2850. The van der Waals surface area contributed by atoms with Gasteiger partial charge in [-0.15, -0.1) is 0 Å². The van der Waals surface area contributed by atoms with E-state index in [0.29, 0.717) is 5.89 Å². The first-order valence-electron chi connectivity index (χ1n) is 17.1. The van der Waals surface area contributed by atoms with Gasteiger partial charge in [0.05, 0.1) is 0 Å². The van der Waals surface area contributed by atoms with Crippen LogP contribution in [-0.2, 0) is 0 Å². The molecule has 0 aliphatic heterocycles. The predicted molar refractivity (Wildman–Crippen MR) is 210 cm³/mol. The molecule has 4 heteroatoms. The average molecular weight is 655 g/mol. The van der Waals surface area contributed by atoms with E-state index < -0.39 is 0 Å². The molecule has 0 unspecified atom stereocenters. The molecule has 2 aromatic heterocycles. The Morgan fingerprint density at radius 3 is 1.94 bits per heavy atom. The summed E-state index contributed by atoms with van der Waals surface area (Å²) in [6, 6.07) is 63.4. The Morgan fingerprint density at radius 2 is 1.10 bits per heavy atom. The third kappa shape index (κ3) is 5.04. The van der Waals surface area contributed by atoms with E-state index in [-0.39, 0.29) is 0 Å². The number of fused-ring (bicyclic) bond motifs is 6. The number of para-hydroxylation sites is 1. The number of oxazole rings is 1. The summed E-state index contributed by atoms with van der Waals surface area (Å²) in [5.74, 6) is 0.623. The minimum absolute atomic E-state index is 0.623. The number of hydrogen-bond acceptors (Lipinski definition) is 4. The van der Waals surface area contributed by atoms with E-state index in [4.69, 9.17) is 13.8 Å². The highest BCUT2D eigenvalue weighted by Gasteiger charge is 2.18. The lowest BCUT2D eigenvalue weighted by atomic mass is 9.97. The molecule has 0 bridgehead atoms. The first kappa shape index (κ1) is 29.0. The number of aromatic nitrogens is 1. The number of rotatable bonds is 6. The molecule has 0 spiro atoms. The molecule has 0 saturated heterocycles. The van der Waals surface area contributed by atoms with E-state index in [2.05, 4.69) is 138 Å². The van der Waals surface area contributed by atoms with E-state index in [1.54, 1.807) is 0 Å². The number of nitrogens with zero attached hydrogens (tertiary/aromatic N) is 2. The Morgan fingerprint density at radius 1 is 0.412 bits per heavy atom. The summed E-state index contributed by atoms with van der Waals surface area (Å²) in [5, 5.41) is 4.39. The van der Waals surface area contributed by atoms with Crippen molar-refractivity contribution in [2.24, 2.45) is 0 Å². The summed E-state index contributed by atoms with van der Waals surface area (Å²) >= 11 is 0. The van der Waals surface area contributed by atoms with Gasteiger partial charge < -0.3 is 13.7 Å². The molecule has 0 aliphatic carbocycles.